The van der Waals surface area contributed by atoms with E-state index >= 15 is 0 Å². The summed E-state index contributed by atoms with van der Waals surface area (Å²) in [7, 11) is 0. The Morgan fingerprint density at radius 2 is 2.44 bits per heavy atom. The van der Waals surface area contributed by atoms with Gasteiger partial charge in [-0.05, 0) is 17.5 Å². The van der Waals surface area contributed by atoms with Crippen LogP contribution in [0.15, 0.2) is 28.4 Å². The number of nitrogens with zero attached hydrogens (tertiary/aromatic N) is 2. The number of nitriles is 1. The molecule has 2 aromatic rings. The van der Waals surface area contributed by atoms with Crippen LogP contribution in [-0.2, 0) is 6.54 Å². The molecule has 0 bridgehead atoms. The van der Waals surface area contributed by atoms with Gasteiger partial charge in [0.15, 0.2) is 0 Å². The van der Waals surface area contributed by atoms with Gasteiger partial charge in [0.25, 0.3) is 0 Å². The molecule has 1 N–H and O–H groups in total. The van der Waals surface area contributed by atoms with Crippen molar-refractivity contribution in [3.8, 4) is 16.6 Å². The molecule has 0 aliphatic carbocycles. The van der Waals surface area contributed by atoms with Crippen molar-refractivity contribution in [3.63, 3.8) is 0 Å². The molecule has 0 aromatic carbocycles. The second-order valence-corrected chi connectivity index (χ2v) is 4.43. The van der Waals surface area contributed by atoms with Gasteiger partial charge >= 0.3 is 5.69 Å². The molecule has 0 amide bonds. The lowest BCUT2D eigenvalue weighted by Gasteiger charge is -2.06. The molecule has 16 heavy (non-hydrogen) atoms. The van der Waals surface area contributed by atoms with Gasteiger partial charge in [-0.1, -0.05) is 18.3 Å². The largest absolute Gasteiger partial charge is 0.327 e. The van der Waals surface area contributed by atoms with Crippen molar-refractivity contribution in [3.05, 3.63) is 38.7 Å². The normalized spacial score (nSPS) is 9.94. The molecule has 0 spiro atoms. The Balaban J connectivity index is 2.73. The molecule has 0 saturated carbocycles. The third-order valence-corrected chi connectivity index (χ3v) is 3.15. The van der Waals surface area contributed by atoms with E-state index in [1.807, 2.05) is 23.6 Å². The second kappa shape index (κ2) is 4.43. The van der Waals surface area contributed by atoms with Crippen molar-refractivity contribution < 1.29 is 0 Å². The van der Waals surface area contributed by atoms with Gasteiger partial charge in [0.1, 0.15) is 11.2 Å². The van der Waals surface area contributed by atoms with Crippen molar-refractivity contribution in [2.45, 2.75) is 6.54 Å². The maximum atomic E-state index is 11.6. The molecule has 0 unspecified atom stereocenters. The summed E-state index contributed by atoms with van der Waals surface area (Å²) in [5, 5.41) is 10.6. The Morgan fingerprint density at radius 1 is 1.62 bits per heavy atom. The summed E-state index contributed by atoms with van der Waals surface area (Å²) in [4.78, 5) is 15.1. The van der Waals surface area contributed by atoms with Gasteiger partial charge in [0.2, 0.25) is 0 Å². The topological polar surface area (TPSA) is 61.6 Å². The van der Waals surface area contributed by atoms with Gasteiger partial charge in [-0.3, -0.25) is 9.55 Å². The monoisotopic (exact) mass is 249 g/mol. The number of rotatable bonds is 2. The number of hydrogen-bond donors (Lipinski definition) is 1. The van der Waals surface area contributed by atoms with Crippen LogP contribution < -0.4 is 5.69 Å². The van der Waals surface area contributed by atoms with Crippen molar-refractivity contribution in [1.82, 2.24) is 9.55 Å². The van der Waals surface area contributed by atoms with E-state index < -0.39 is 0 Å². The first kappa shape index (κ1) is 10.8. The molecule has 6 heteroatoms. The van der Waals surface area contributed by atoms with E-state index in [2.05, 4.69) is 4.98 Å². The van der Waals surface area contributed by atoms with Crippen LogP contribution in [0.5, 0.6) is 0 Å². The molecular weight excluding hydrogens is 242 g/mol. The minimum absolute atomic E-state index is 0.0121. The van der Waals surface area contributed by atoms with E-state index in [0.29, 0.717) is 10.3 Å². The summed E-state index contributed by atoms with van der Waals surface area (Å²) in [6, 6.07) is 7.44. The molecule has 0 aliphatic heterocycles. The van der Waals surface area contributed by atoms with Crippen molar-refractivity contribution in [1.29, 1.82) is 5.26 Å². The molecule has 0 saturated heterocycles. The molecule has 2 aromatic heterocycles. The van der Waals surface area contributed by atoms with Crippen LogP contribution in [0.3, 0.4) is 0 Å². The smallest absolute Gasteiger partial charge is 0.298 e. The minimum Gasteiger partial charge on any atom is -0.298 e. The minimum atomic E-state index is -0.350. The second-order valence-electron chi connectivity index (χ2n) is 3.05. The highest BCUT2D eigenvalue weighted by Crippen LogP contribution is 2.23. The van der Waals surface area contributed by atoms with Crippen molar-refractivity contribution in [2.24, 2.45) is 0 Å². The predicted octanol–water partition coefficient (Wildman–Crippen LogP) is 2.16. The molecular formula is C10H7N3OS2. The highest BCUT2D eigenvalue weighted by Gasteiger charge is 2.07. The molecule has 4 nitrogen and oxygen atoms in total. The summed E-state index contributed by atoms with van der Waals surface area (Å²) >= 11 is 6.46. The van der Waals surface area contributed by atoms with Gasteiger partial charge in [0, 0.05) is 0 Å². The summed E-state index contributed by atoms with van der Waals surface area (Å²) in [6.45, 7) is 0.0121. The lowest BCUT2D eigenvalue weighted by atomic mass is 10.3. The quantitative estimate of drug-likeness (QED) is 0.830. The summed E-state index contributed by atoms with van der Waals surface area (Å²) in [5.41, 5.74) is 0.336. The first-order chi connectivity index (χ1) is 7.72. The Bertz CT molecular complexity index is 646. The highest BCUT2D eigenvalue weighted by molar-refractivity contribution is 7.71. The molecule has 80 valence electrons. The molecule has 0 fully saturated rings. The van der Waals surface area contributed by atoms with Gasteiger partial charge in [-0.15, -0.1) is 11.3 Å². The van der Waals surface area contributed by atoms with E-state index in [-0.39, 0.29) is 12.2 Å². The summed E-state index contributed by atoms with van der Waals surface area (Å²) < 4.78 is 1.75. The molecule has 0 aliphatic rings. The van der Waals surface area contributed by atoms with E-state index in [1.54, 1.807) is 6.07 Å². The van der Waals surface area contributed by atoms with E-state index in [0.717, 1.165) is 4.88 Å². The fourth-order valence-corrected chi connectivity index (χ4v) is 2.33. The average molecular weight is 249 g/mol. The molecule has 0 atom stereocenters. The van der Waals surface area contributed by atoms with Crippen LogP contribution >= 0.6 is 23.6 Å². The van der Waals surface area contributed by atoms with Crippen LogP contribution in [0, 0.1) is 16.0 Å². The summed E-state index contributed by atoms with van der Waals surface area (Å²) in [5.74, 6) is 0. The standard InChI is InChI=1S/C10H7N3OS2/c11-3-4-13-7(8-2-1-5-16-8)6-9(15)12-10(13)14/h1-2,5-6H,4H2,(H,12,14,15). The zero-order valence-electron chi connectivity index (χ0n) is 8.14. The number of hydrogen-bond acceptors (Lipinski definition) is 4. The average Bonchev–Trinajstić information content (AvgIpc) is 2.75. The number of H-pyrrole nitrogens is 1. The third kappa shape index (κ3) is 1.96. The number of aromatic nitrogens is 2. The zero-order chi connectivity index (χ0) is 11.5. The van der Waals surface area contributed by atoms with Crippen LogP contribution in [0.25, 0.3) is 10.6 Å². The zero-order valence-corrected chi connectivity index (χ0v) is 9.77. The van der Waals surface area contributed by atoms with Crippen LogP contribution in [0.2, 0.25) is 0 Å². The maximum Gasteiger partial charge on any atom is 0.327 e. The lowest BCUT2D eigenvalue weighted by Crippen LogP contribution is -2.23. The number of nitrogens with one attached hydrogen (secondary N) is 1. The first-order valence-corrected chi connectivity index (χ1v) is 5.76. The predicted molar refractivity (Wildman–Crippen MR) is 64.8 cm³/mol. The Labute approximate surface area is 100 Å². The molecule has 0 radical (unpaired) electrons. The third-order valence-electron chi connectivity index (χ3n) is 2.04. The van der Waals surface area contributed by atoms with Crippen molar-refractivity contribution >= 4 is 23.6 Å². The van der Waals surface area contributed by atoms with E-state index in [9.17, 15) is 4.79 Å². The Kier molecular flexibility index (Phi) is 2.99. The van der Waals surface area contributed by atoms with E-state index in [1.165, 1.54) is 15.9 Å². The maximum absolute atomic E-state index is 11.6. The fraction of sp³-hybridized carbons (Fsp3) is 0.100. The van der Waals surface area contributed by atoms with Crippen LogP contribution in [0.4, 0.5) is 0 Å². The molecule has 2 rings (SSSR count). The van der Waals surface area contributed by atoms with Gasteiger partial charge in [-0.2, -0.15) is 5.26 Å². The van der Waals surface area contributed by atoms with Crippen molar-refractivity contribution in [2.75, 3.05) is 0 Å². The fourth-order valence-electron chi connectivity index (χ4n) is 1.38. The van der Waals surface area contributed by atoms with Gasteiger partial charge in [0.05, 0.1) is 16.6 Å². The Hall–Kier alpha value is -1.71. The van der Waals surface area contributed by atoms with Gasteiger partial charge in [-0.25, -0.2) is 4.79 Å². The Morgan fingerprint density at radius 3 is 3.06 bits per heavy atom. The number of aromatic amines is 1. The SMILES string of the molecule is N#CCn1c(-c2cccs2)cc(=S)[nH]c1=O. The summed E-state index contributed by atoms with van der Waals surface area (Å²) in [6.07, 6.45) is 0. The van der Waals surface area contributed by atoms with Crippen LogP contribution in [0.1, 0.15) is 0 Å². The highest BCUT2D eigenvalue weighted by atomic mass is 32.1. The first-order valence-electron chi connectivity index (χ1n) is 4.47. The van der Waals surface area contributed by atoms with Gasteiger partial charge < -0.3 is 0 Å². The van der Waals surface area contributed by atoms with Crippen LogP contribution in [-0.4, -0.2) is 9.55 Å². The van der Waals surface area contributed by atoms with E-state index in [4.69, 9.17) is 17.5 Å². The lowest BCUT2D eigenvalue weighted by molar-refractivity contribution is 0.759. The number of thiophene rings is 1. The molecule has 2 heterocycles.